The summed E-state index contributed by atoms with van der Waals surface area (Å²) in [6.45, 7) is 3.09. The van der Waals surface area contributed by atoms with Crippen LogP contribution in [0.4, 0.5) is 0 Å². The van der Waals surface area contributed by atoms with Crippen molar-refractivity contribution in [2.45, 2.75) is 50.7 Å². The maximum absolute atomic E-state index is 12.7. The van der Waals surface area contributed by atoms with Gasteiger partial charge in [-0.3, -0.25) is 9.59 Å². The van der Waals surface area contributed by atoms with Crippen LogP contribution >= 0.6 is 11.8 Å². The van der Waals surface area contributed by atoms with Crippen LogP contribution < -0.4 is 16.0 Å². The van der Waals surface area contributed by atoms with Crippen molar-refractivity contribution in [1.29, 1.82) is 0 Å². The van der Waals surface area contributed by atoms with Crippen LogP contribution in [0.1, 0.15) is 31.7 Å². The largest absolute Gasteiger partial charge is 0.350 e. The Balaban J connectivity index is 1.92. The van der Waals surface area contributed by atoms with E-state index in [2.05, 4.69) is 22.9 Å². The quantitative estimate of drug-likeness (QED) is 0.658. The first kappa shape index (κ1) is 19.8. The number of piperidine rings is 1. The fourth-order valence-corrected chi connectivity index (χ4v) is 3.53. The van der Waals surface area contributed by atoms with Crippen molar-refractivity contribution < 1.29 is 9.59 Å². The number of thioether (sulfide) groups is 1. The molecule has 3 atom stereocenters. The van der Waals surface area contributed by atoms with Crippen LogP contribution in [-0.4, -0.2) is 48.5 Å². The molecule has 0 radical (unpaired) electrons. The SMILES string of the molecule is CSCCC(NC(=O)Cc1ccccc1)C(=O)NC1CCCNC1C. The van der Waals surface area contributed by atoms with E-state index in [0.717, 1.165) is 30.7 Å². The second-order valence-corrected chi connectivity index (χ2v) is 7.55. The van der Waals surface area contributed by atoms with Gasteiger partial charge in [0.1, 0.15) is 6.04 Å². The van der Waals surface area contributed by atoms with Crippen LogP contribution in [0, 0.1) is 0 Å². The van der Waals surface area contributed by atoms with Crippen molar-refractivity contribution in [2.75, 3.05) is 18.6 Å². The molecule has 0 bridgehead atoms. The number of carbonyl (C=O) groups excluding carboxylic acids is 2. The number of rotatable bonds is 8. The maximum atomic E-state index is 12.7. The average Bonchev–Trinajstić information content (AvgIpc) is 2.61. The van der Waals surface area contributed by atoms with Crippen molar-refractivity contribution in [3.63, 3.8) is 0 Å². The first-order chi connectivity index (χ1) is 12.1. The van der Waals surface area contributed by atoms with Gasteiger partial charge in [0.05, 0.1) is 6.42 Å². The number of benzene rings is 1. The van der Waals surface area contributed by atoms with E-state index >= 15 is 0 Å². The lowest BCUT2D eigenvalue weighted by atomic mass is 9.99. The molecule has 5 nitrogen and oxygen atoms in total. The van der Waals surface area contributed by atoms with Crippen LogP contribution in [-0.2, 0) is 16.0 Å². The number of carbonyl (C=O) groups is 2. The van der Waals surface area contributed by atoms with Gasteiger partial charge in [-0.05, 0) is 50.3 Å². The molecule has 1 aliphatic rings. The molecule has 0 aromatic heterocycles. The van der Waals surface area contributed by atoms with E-state index in [0.29, 0.717) is 12.8 Å². The highest BCUT2D eigenvalue weighted by atomic mass is 32.2. The Morgan fingerprint density at radius 1 is 1.32 bits per heavy atom. The number of nitrogens with one attached hydrogen (secondary N) is 3. The van der Waals surface area contributed by atoms with E-state index in [1.54, 1.807) is 11.8 Å². The van der Waals surface area contributed by atoms with Gasteiger partial charge in [-0.2, -0.15) is 11.8 Å². The molecule has 25 heavy (non-hydrogen) atoms. The molecule has 1 fully saturated rings. The Hall–Kier alpha value is -1.53. The molecule has 0 aliphatic carbocycles. The molecular formula is C19H29N3O2S. The Bertz CT molecular complexity index is 553. The molecule has 1 saturated heterocycles. The molecule has 1 aromatic rings. The molecule has 6 heteroatoms. The molecule has 138 valence electrons. The molecule has 3 unspecified atom stereocenters. The van der Waals surface area contributed by atoms with Crippen molar-refractivity contribution in [3.8, 4) is 0 Å². The zero-order chi connectivity index (χ0) is 18.1. The van der Waals surface area contributed by atoms with E-state index in [9.17, 15) is 9.59 Å². The van der Waals surface area contributed by atoms with Crippen LogP contribution in [0.3, 0.4) is 0 Å². The normalized spacial score (nSPS) is 21.4. The lowest BCUT2D eigenvalue weighted by Gasteiger charge is -2.32. The summed E-state index contributed by atoms with van der Waals surface area (Å²) in [5.41, 5.74) is 0.953. The van der Waals surface area contributed by atoms with E-state index in [1.165, 1.54) is 0 Å². The summed E-state index contributed by atoms with van der Waals surface area (Å²) in [7, 11) is 0. The molecule has 2 amide bonds. The third kappa shape index (κ3) is 6.71. The van der Waals surface area contributed by atoms with Gasteiger partial charge in [0.25, 0.3) is 0 Å². The summed E-state index contributed by atoms with van der Waals surface area (Å²) in [5.74, 6) is 0.653. The van der Waals surface area contributed by atoms with Gasteiger partial charge < -0.3 is 16.0 Å². The van der Waals surface area contributed by atoms with Gasteiger partial charge >= 0.3 is 0 Å². The highest BCUT2D eigenvalue weighted by Gasteiger charge is 2.27. The maximum Gasteiger partial charge on any atom is 0.242 e. The zero-order valence-corrected chi connectivity index (χ0v) is 15.9. The minimum absolute atomic E-state index is 0.0731. The van der Waals surface area contributed by atoms with Crippen LogP contribution in [0.25, 0.3) is 0 Å². The topological polar surface area (TPSA) is 70.2 Å². The molecule has 1 aliphatic heterocycles. The van der Waals surface area contributed by atoms with Gasteiger partial charge in [0.2, 0.25) is 11.8 Å². The summed E-state index contributed by atoms with van der Waals surface area (Å²) < 4.78 is 0. The Morgan fingerprint density at radius 2 is 2.08 bits per heavy atom. The van der Waals surface area contributed by atoms with E-state index in [1.807, 2.05) is 36.6 Å². The van der Waals surface area contributed by atoms with Crippen molar-refractivity contribution >= 4 is 23.6 Å². The number of hydrogen-bond acceptors (Lipinski definition) is 4. The fourth-order valence-electron chi connectivity index (χ4n) is 3.06. The van der Waals surface area contributed by atoms with Gasteiger partial charge in [0.15, 0.2) is 0 Å². The fraction of sp³-hybridized carbons (Fsp3) is 0.579. The lowest BCUT2D eigenvalue weighted by molar-refractivity contribution is -0.129. The van der Waals surface area contributed by atoms with E-state index in [4.69, 9.17) is 0 Å². The Morgan fingerprint density at radius 3 is 2.76 bits per heavy atom. The van der Waals surface area contributed by atoms with Crippen LogP contribution in [0.2, 0.25) is 0 Å². The highest BCUT2D eigenvalue weighted by molar-refractivity contribution is 7.98. The standard InChI is InChI=1S/C19H29N3O2S/c1-14-16(9-6-11-20-14)22-19(24)17(10-12-25-2)21-18(23)13-15-7-4-3-5-8-15/h3-5,7-8,14,16-17,20H,6,9-13H2,1-2H3,(H,21,23)(H,22,24). The zero-order valence-electron chi connectivity index (χ0n) is 15.1. The average molecular weight is 364 g/mol. The second-order valence-electron chi connectivity index (χ2n) is 6.56. The van der Waals surface area contributed by atoms with Crippen molar-refractivity contribution in [1.82, 2.24) is 16.0 Å². The van der Waals surface area contributed by atoms with Gasteiger partial charge in [0, 0.05) is 12.1 Å². The molecule has 0 saturated carbocycles. The summed E-state index contributed by atoms with van der Waals surface area (Å²) in [4.78, 5) is 25.0. The van der Waals surface area contributed by atoms with E-state index < -0.39 is 6.04 Å². The van der Waals surface area contributed by atoms with E-state index in [-0.39, 0.29) is 23.9 Å². The number of hydrogen-bond donors (Lipinski definition) is 3. The first-order valence-electron chi connectivity index (χ1n) is 8.96. The summed E-state index contributed by atoms with van der Waals surface area (Å²) in [6, 6.07) is 9.52. The van der Waals surface area contributed by atoms with Crippen LogP contribution in [0.5, 0.6) is 0 Å². The third-order valence-corrected chi connectivity index (χ3v) is 5.20. The summed E-state index contributed by atoms with van der Waals surface area (Å²) >= 11 is 1.68. The molecule has 3 N–H and O–H groups in total. The van der Waals surface area contributed by atoms with Gasteiger partial charge in [-0.1, -0.05) is 30.3 Å². The van der Waals surface area contributed by atoms with Gasteiger partial charge in [-0.25, -0.2) is 0 Å². The van der Waals surface area contributed by atoms with Crippen molar-refractivity contribution in [3.05, 3.63) is 35.9 Å². The molecule has 1 aromatic carbocycles. The summed E-state index contributed by atoms with van der Waals surface area (Å²) in [6.07, 6.45) is 4.99. The minimum Gasteiger partial charge on any atom is -0.350 e. The van der Waals surface area contributed by atoms with Gasteiger partial charge in [-0.15, -0.1) is 0 Å². The van der Waals surface area contributed by atoms with Crippen LogP contribution in [0.15, 0.2) is 30.3 Å². The monoisotopic (exact) mass is 363 g/mol. The smallest absolute Gasteiger partial charge is 0.242 e. The predicted molar refractivity (Wildman–Crippen MR) is 104 cm³/mol. The first-order valence-corrected chi connectivity index (χ1v) is 10.4. The molecule has 2 rings (SSSR count). The summed E-state index contributed by atoms with van der Waals surface area (Å²) in [5, 5.41) is 9.43. The molecule has 0 spiro atoms. The third-order valence-electron chi connectivity index (χ3n) is 4.56. The molecular weight excluding hydrogens is 334 g/mol. The Kier molecular flexibility index (Phi) is 8.28. The number of amides is 2. The molecule has 1 heterocycles. The minimum atomic E-state index is -0.474. The Labute approximate surface area is 154 Å². The second kappa shape index (κ2) is 10.5. The highest BCUT2D eigenvalue weighted by Crippen LogP contribution is 2.10. The lowest BCUT2D eigenvalue weighted by Crippen LogP contribution is -2.56. The van der Waals surface area contributed by atoms with Crippen molar-refractivity contribution in [2.24, 2.45) is 0 Å². The predicted octanol–water partition coefficient (Wildman–Crippen LogP) is 1.72.